The highest BCUT2D eigenvalue weighted by molar-refractivity contribution is 7.11. The molecule has 0 radical (unpaired) electrons. The van der Waals surface area contributed by atoms with Crippen molar-refractivity contribution in [1.82, 2.24) is 9.47 Å². The van der Waals surface area contributed by atoms with Gasteiger partial charge in [-0.05, 0) is 61.0 Å². The van der Waals surface area contributed by atoms with Gasteiger partial charge in [0.1, 0.15) is 11.5 Å². The molecule has 0 saturated heterocycles. The smallest absolute Gasteiger partial charge is 0.270 e. The SMILES string of the molecule is Cc1ccc(CN(C)C(=O)c2ccc(-c3ccc(F)cc3)n2C)s1. The Labute approximate surface area is 145 Å². The molecule has 3 rings (SSSR count). The van der Waals surface area contributed by atoms with Crippen LogP contribution in [0, 0.1) is 12.7 Å². The Morgan fingerprint density at radius 2 is 1.83 bits per heavy atom. The first-order chi connectivity index (χ1) is 11.5. The number of aryl methyl sites for hydroxylation is 1. The molecule has 0 unspecified atom stereocenters. The summed E-state index contributed by atoms with van der Waals surface area (Å²) in [6.45, 7) is 2.65. The van der Waals surface area contributed by atoms with Crippen LogP contribution in [0.5, 0.6) is 0 Å². The maximum absolute atomic E-state index is 13.1. The van der Waals surface area contributed by atoms with Gasteiger partial charge in [-0.15, -0.1) is 11.3 Å². The molecular weight excluding hydrogens is 323 g/mol. The number of nitrogens with zero attached hydrogens (tertiary/aromatic N) is 2. The monoisotopic (exact) mass is 342 g/mol. The van der Waals surface area contributed by atoms with Crippen molar-refractivity contribution in [3.05, 3.63) is 69.8 Å². The van der Waals surface area contributed by atoms with Crippen LogP contribution in [0.4, 0.5) is 4.39 Å². The summed E-state index contributed by atoms with van der Waals surface area (Å²) in [4.78, 5) is 16.8. The highest BCUT2D eigenvalue weighted by Gasteiger charge is 2.18. The predicted molar refractivity (Wildman–Crippen MR) is 95.7 cm³/mol. The van der Waals surface area contributed by atoms with Gasteiger partial charge in [-0.1, -0.05) is 0 Å². The Bertz CT molecular complexity index is 864. The topological polar surface area (TPSA) is 25.2 Å². The molecule has 2 heterocycles. The fourth-order valence-electron chi connectivity index (χ4n) is 2.71. The fourth-order valence-corrected chi connectivity index (χ4v) is 3.65. The number of hydrogen-bond donors (Lipinski definition) is 0. The molecule has 0 aliphatic heterocycles. The van der Waals surface area contributed by atoms with Gasteiger partial charge in [0, 0.05) is 29.5 Å². The second-order valence-electron chi connectivity index (χ2n) is 5.84. The Hall–Kier alpha value is -2.40. The van der Waals surface area contributed by atoms with E-state index in [1.54, 1.807) is 28.4 Å². The Kier molecular flexibility index (Phi) is 4.53. The standard InChI is InChI=1S/C19H19FN2OS/c1-13-4-9-16(24-13)12-21(2)19(23)18-11-10-17(22(18)3)14-5-7-15(20)8-6-14/h4-11H,12H2,1-3H3. The third-order valence-corrected chi connectivity index (χ3v) is 5.00. The second kappa shape index (κ2) is 6.61. The number of thiophene rings is 1. The van der Waals surface area contributed by atoms with E-state index in [2.05, 4.69) is 19.1 Å². The van der Waals surface area contributed by atoms with Gasteiger partial charge in [-0.2, -0.15) is 0 Å². The Morgan fingerprint density at radius 1 is 1.12 bits per heavy atom. The van der Waals surface area contributed by atoms with E-state index in [4.69, 9.17) is 0 Å². The summed E-state index contributed by atoms with van der Waals surface area (Å²) in [5.41, 5.74) is 2.39. The number of amides is 1. The van der Waals surface area contributed by atoms with Gasteiger partial charge in [0.05, 0.1) is 6.54 Å². The van der Waals surface area contributed by atoms with Crippen molar-refractivity contribution in [2.24, 2.45) is 7.05 Å². The number of carbonyl (C=O) groups is 1. The molecule has 5 heteroatoms. The maximum atomic E-state index is 13.1. The minimum atomic E-state index is -0.268. The molecule has 3 aromatic rings. The molecule has 0 atom stereocenters. The number of carbonyl (C=O) groups excluding carboxylic acids is 1. The normalized spacial score (nSPS) is 10.8. The molecule has 1 amide bonds. The summed E-state index contributed by atoms with van der Waals surface area (Å²) in [7, 11) is 3.66. The second-order valence-corrected chi connectivity index (χ2v) is 7.22. The van der Waals surface area contributed by atoms with Crippen LogP contribution in [-0.2, 0) is 13.6 Å². The highest BCUT2D eigenvalue weighted by Crippen LogP contribution is 2.23. The number of benzene rings is 1. The van der Waals surface area contributed by atoms with Gasteiger partial charge in [0.25, 0.3) is 5.91 Å². The van der Waals surface area contributed by atoms with Crippen LogP contribution in [-0.4, -0.2) is 22.4 Å². The summed E-state index contributed by atoms with van der Waals surface area (Å²) >= 11 is 1.70. The molecule has 0 fully saturated rings. The van der Waals surface area contributed by atoms with Gasteiger partial charge in [-0.3, -0.25) is 4.79 Å². The summed E-state index contributed by atoms with van der Waals surface area (Å²) in [6, 6.07) is 14.1. The van der Waals surface area contributed by atoms with Crippen LogP contribution >= 0.6 is 11.3 Å². The molecule has 0 spiro atoms. The molecule has 1 aromatic carbocycles. The molecule has 0 aliphatic rings. The lowest BCUT2D eigenvalue weighted by atomic mass is 10.1. The van der Waals surface area contributed by atoms with E-state index in [0.29, 0.717) is 12.2 Å². The van der Waals surface area contributed by atoms with Crippen molar-refractivity contribution < 1.29 is 9.18 Å². The van der Waals surface area contributed by atoms with Gasteiger partial charge in [0.15, 0.2) is 0 Å². The molecule has 3 nitrogen and oxygen atoms in total. The summed E-state index contributed by atoms with van der Waals surface area (Å²) < 4.78 is 14.9. The number of rotatable bonds is 4. The summed E-state index contributed by atoms with van der Waals surface area (Å²) in [5.74, 6) is -0.299. The number of halogens is 1. The van der Waals surface area contributed by atoms with Crippen molar-refractivity contribution in [3.8, 4) is 11.3 Å². The molecule has 2 aromatic heterocycles. The largest absolute Gasteiger partial charge is 0.340 e. The van der Waals surface area contributed by atoms with E-state index in [1.165, 1.54) is 17.0 Å². The third kappa shape index (κ3) is 3.26. The van der Waals surface area contributed by atoms with E-state index in [0.717, 1.165) is 16.1 Å². The first-order valence-electron chi connectivity index (χ1n) is 7.68. The van der Waals surface area contributed by atoms with Crippen LogP contribution in [0.25, 0.3) is 11.3 Å². The zero-order valence-electron chi connectivity index (χ0n) is 13.9. The van der Waals surface area contributed by atoms with E-state index >= 15 is 0 Å². The minimum absolute atomic E-state index is 0.0306. The van der Waals surface area contributed by atoms with Crippen molar-refractivity contribution in [3.63, 3.8) is 0 Å². The molecule has 0 saturated carbocycles. The minimum Gasteiger partial charge on any atom is -0.340 e. The van der Waals surface area contributed by atoms with Crippen molar-refractivity contribution in [2.75, 3.05) is 7.05 Å². The average molecular weight is 342 g/mol. The first-order valence-corrected chi connectivity index (χ1v) is 8.50. The van der Waals surface area contributed by atoms with Crippen molar-refractivity contribution in [1.29, 1.82) is 0 Å². The molecule has 24 heavy (non-hydrogen) atoms. The number of aromatic nitrogens is 1. The van der Waals surface area contributed by atoms with Crippen molar-refractivity contribution in [2.45, 2.75) is 13.5 Å². The van der Waals surface area contributed by atoms with E-state index in [9.17, 15) is 9.18 Å². The lowest BCUT2D eigenvalue weighted by molar-refractivity contribution is 0.0777. The van der Waals surface area contributed by atoms with Crippen LogP contribution in [0.3, 0.4) is 0 Å². The average Bonchev–Trinajstić information content (AvgIpc) is 3.13. The van der Waals surface area contributed by atoms with Crippen LogP contribution in [0.1, 0.15) is 20.2 Å². The first kappa shape index (κ1) is 16.5. The Balaban J connectivity index is 1.81. The van der Waals surface area contributed by atoms with E-state index < -0.39 is 0 Å². The zero-order valence-corrected chi connectivity index (χ0v) is 14.7. The predicted octanol–water partition coefficient (Wildman–Crippen LogP) is 4.47. The van der Waals surface area contributed by atoms with E-state index in [1.807, 2.05) is 30.8 Å². The van der Waals surface area contributed by atoms with Gasteiger partial charge in [0.2, 0.25) is 0 Å². The quantitative estimate of drug-likeness (QED) is 0.686. The number of hydrogen-bond acceptors (Lipinski definition) is 2. The van der Waals surface area contributed by atoms with Crippen molar-refractivity contribution >= 4 is 17.2 Å². The van der Waals surface area contributed by atoms with Gasteiger partial charge in [-0.25, -0.2) is 4.39 Å². The molecule has 0 bridgehead atoms. The van der Waals surface area contributed by atoms with Crippen LogP contribution in [0.2, 0.25) is 0 Å². The summed E-state index contributed by atoms with van der Waals surface area (Å²) in [6.07, 6.45) is 0. The molecule has 0 N–H and O–H groups in total. The van der Waals surface area contributed by atoms with E-state index in [-0.39, 0.29) is 11.7 Å². The molecule has 124 valence electrons. The van der Waals surface area contributed by atoms with Gasteiger partial charge < -0.3 is 9.47 Å². The highest BCUT2D eigenvalue weighted by atomic mass is 32.1. The van der Waals surface area contributed by atoms with Gasteiger partial charge >= 0.3 is 0 Å². The molecule has 0 aliphatic carbocycles. The van der Waals surface area contributed by atoms with Crippen LogP contribution < -0.4 is 0 Å². The summed E-state index contributed by atoms with van der Waals surface area (Å²) in [5, 5.41) is 0. The lowest BCUT2D eigenvalue weighted by Crippen LogP contribution is -2.27. The Morgan fingerprint density at radius 3 is 2.46 bits per heavy atom. The lowest BCUT2D eigenvalue weighted by Gasteiger charge is -2.17. The molecular formula is C19H19FN2OS. The maximum Gasteiger partial charge on any atom is 0.270 e. The zero-order chi connectivity index (χ0) is 17.3. The third-order valence-electron chi connectivity index (χ3n) is 4.02. The fraction of sp³-hybridized carbons (Fsp3) is 0.211. The van der Waals surface area contributed by atoms with Crippen LogP contribution in [0.15, 0.2) is 48.5 Å².